The fourth-order valence-corrected chi connectivity index (χ4v) is 5.14. The minimum Gasteiger partial charge on any atom is -0.311 e. The number of thiophene rings is 1. The third kappa shape index (κ3) is 4.03. The quantitative estimate of drug-likeness (QED) is 0.293. The van der Waals surface area contributed by atoms with Crippen molar-refractivity contribution in [3.8, 4) is 10.4 Å². The molecule has 0 saturated carbocycles. The maximum Gasteiger partial charge on any atom is 0.0462 e. The van der Waals surface area contributed by atoms with Crippen molar-refractivity contribution < 1.29 is 0 Å². The highest BCUT2D eigenvalue weighted by molar-refractivity contribution is 9.10. The Kier molecular flexibility index (Phi) is 5.62. The Morgan fingerprint density at radius 2 is 1.03 bits per heavy atom. The fraction of sp³-hybridized carbons (Fsp3) is 0.154. The molecule has 3 aromatic carbocycles. The number of halogens is 1. The summed E-state index contributed by atoms with van der Waals surface area (Å²) >= 11 is 5.55. The maximum absolute atomic E-state index is 3.71. The number of anilines is 3. The van der Waals surface area contributed by atoms with Gasteiger partial charge in [0.05, 0.1) is 0 Å². The van der Waals surface area contributed by atoms with E-state index in [1.165, 1.54) is 36.5 Å². The van der Waals surface area contributed by atoms with Crippen LogP contribution in [0.4, 0.5) is 17.1 Å². The molecule has 0 aliphatic heterocycles. The van der Waals surface area contributed by atoms with Gasteiger partial charge in [0.1, 0.15) is 0 Å². The first kappa shape index (κ1) is 19.9. The van der Waals surface area contributed by atoms with Gasteiger partial charge in [-0.1, -0.05) is 47.5 Å². The van der Waals surface area contributed by atoms with Crippen LogP contribution < -0.4 is 4.90 Å². The van der Waals surface area contributed by atoms with Gasteiger partial charge in [-0.25, -0.2) is 0 Å². The number of nitrogens with zero attached hydrogens (tertiary/aromatic N) is 1. The molecule has 0 spiro atoms. The molecule has 0 bridgehead atoms. The van der Waals surface area contributed by atoms with Gasteiger partial charge in [0.15, 0.2) is 0 Å². The lowest BCUT2D eigenvalue weighted by molar-refractivity contribution is 1.27. The van der Waals surface area contributed by atoms with Gasteiger partial charge in [-0.15, -0.1) is 11.3 Å². The van der Waals surface area contributed by atoms with Gasteiger partial charge in [-0.05, 0) is 91.1 Å². The molecule has 0 aliphatic rings. The zero-order valence-electron chi connectivity index (χ0n) is 17.2. The number of hydrogen-bond donors (Lipinski definition) is 0. The minimum atomic E-state index is 1.16. The van der Waals surface area contributed by atoms with E-state index in [0.29, 0.717) is 0 Å². The summed E-state index contributed by atoms with van der Waals surface area (Å²) in [5, 5.41) is 0. The molecule has 1 nitrogen and oxygen atoms in total. The van der Waals surface area contributed by atoms with E-state index in [0.717, 1.165) is 17.1 Å². The van der Waals surface area contributed by atoms with Crippen LogP contribution in [-0.4, -0.2) is 0 Å². The highest BCUT2D eigenvalue weighted by Crippen LogP contribution is 2.41. The standard InChI is InChI=1S/C26H24BrNS/c1-17-5-11-22(12-6-17)28(23-13-7-18(2)8-14-23)24-15-9-21(10-16-24)26-19(3)25(27)20(4)29-26/h5-16H,1-4H3. The van der Waals surface area contributed by atoms with Crippen LogP contribution in [0.15, 0.2) is 77.3 Å². The Labute approximate surface area is 185 Å². The Bertz CT molecular complexity index is 1080. The summed E-state index contributed by atoms with van der Waals surface area (Å²) < 4.78 is 1.22. The molecule has 29 heavy (non-hydrogen) atoms. The van der Waals surface area contributed by atoms with Crippen LogP contribution in [0.25, 0.3) is 10.4 Å². The third-order valence-electron chi connectivity index (χ3n) is 5.21. The van der Waals surface area contributed by atoms with Gasteiger partial charge in [0.25, 0.3) is 0 Å². The summed E-state index contributed by atoms with van der Waals surface area (Å²) in [5.41, 5.74) is 8.60. The van der Waals surface area contributed by atoms with Gasteiger partial charge < -0.3 is 4.90 Å². The molecular weight excluding hydrogens is 438 g/mol. The van der Waals surface area contributed by atoms with Crippen molar-refractivity contribution in [3.63, 3.8) is 0 Å². The lowest BCUT2D eigenvalue weighted by Crippen LogP contribution is -2.09. The van der Waals surface area contributed by atoms with Crippen molar-refractivity contribution in [2.75, 3.05) is 4.90 Å². The number of rotatable bonds is 4. The summed E-state index contributed by atoms with van der Waals surface area (Å²) in [5.74, 6) is 0. The van der Waals surface area contributed by atoms with Crippen molar-refractivity contribution in [2.24, 2.45) is 0 Å². The molecule has 0 fully saturated rings. The SMILES string of the molecule is Cc1ccc(N(c2ccc(C)cc2)c2ccc(-c3sc(C)c(Br)c3C)cc2)cc1. The second-order valence-corrected chi connectivity index (χ2v) is 9.50. The van der Waals surface area contributed by atoms with E-state index in [-0.39, 0.29) is 0 Å². The molecule has 146 valence electrons. The topological polar surface area (TPSA) is 3.24 Å². The van der Waals surface area contributed by atoms with Crippen molar-refractivity contribution >= 4 is 44.3 Å². The lowest BCUT2D eigenvalue weighted by atomic mass is 10.1. The molecule has 1 aromatic heterocycles. The number of aryl methyl sites for hydroxylation is 3. The van der Waals surface area contributed by atoms with E-state index in [1.54, 1.807) is 0 Å². The molecule has 0 atom stereocenters. The highest BCUT2D eigenvalue weighted by atomic mass is 79.9. The van der Waals surface area contributed by atoms with Crippen LogP contribution in [0.2, 0.25) is 0 Å². The van der Waals surface area contributed by atoms with E-state index < -0.39 is 0 Å². The normalized spacial score (nSPS) is 10.9. The molecule has 3 heteroatoms. The third-order valence-corrected chi connectivity index (χ3v) is 7.91. The average Bonchev–Trinajstić information content (AvgIpc) is 2.99. The molecule has 0 radical (unpaired) electrons. The van der Waals surface area contributed by atoms with E-state index in [9.17, 15) is 0 Å². The minimum absolute atomic E-state index is 1.16. The van der Waals surface area contributed by atoms with Gasteiger partial charge in [0, 0.05) is 31.3 Å². The van der Waals surface area contributed by atoms with Crippen LogP contribution in [0.5, 0.6) is 0 Å². The Morgan fingerprint density at radius 3 is 1.41 bits per heavy atom. The second kappa shape index (κ2) is 8.17. The molecule has 0 N–H and O–H groups in total. The fourth-order valence-electron chi connectivity index (χ4n) is 3.51. The largest absolute Gasteiger partial charge is 0.311 e. The zero-order valence-corrected chi connectivity index (χ0v) is 19.6. The van der Waals surface area contributed by atoms with Crippen LogP contribution in [0.1, 0.15) is 21.6 Å². The molecule has 4 aromatic rings. The van der Waals surface area contributed by atoms with Gasteiger partial charge in [-0.2, -0.15) is 0 Å². The average molecular weight is 462 g/mol. The van der Waals surface area contributed by atoms with Crippen LogP contribution in [-0.2, 0) is 0 Å². The summed E-state index contributed by atoms with van der Waals surface area (Å²) in [6.45, 7) is 8.59. The van der Waals surface area contributed by atoms with Gasteiger partial charge in [0.2, 0.25) is 0 Å². The van der Waals surface area contributed by atoms with Crippen molar-refractivity contribution in [1.82, 2.24) is 0 Å². The molecule has 0 aliphatic carbocycles. The molecule has 1 heterocycles. The van der Waals surface area contributed by atoms with E-state index in [1.807, 2.05) is 11.3 Å². The number of benzene rings is 3. The molecule has 0 unspecified atom stereocenters. The maximum atomic E-state index is 3.71. The first-order valence-corrected chi connectivity index (χ1v) is 11.3. The van der Waals surface area contributed by atoms with Crippen LogP contribution >= 0.6 is 27.3 Å². The Balaban J connectivity index is 1.77. The smallest absolute Gasteiger partial charge is 0.0462 e. The summed E-state index contributed by atoms with van der Waals surface area (Å²) in [6, 6.07) is 26.3. The van der Waals surface area contributed by atoms with E-state index in [4.69, 9.17) is 0 Å². The van der Waals surface area contributed by atoms with Crippen molar-refractivity contribution in [1.29, 1.82) is 0 Å². The summed E-state index contributed by atoms with van der Waals surface area (Å²) in [6.07, 6.45) is 0. The molecule has 4 rings (SSSR count). The summed E-state index contributed by atoms with van der Waals surface area (Å²) in [7, 11) is 0. The predicted octanol–water partition coefficient (Wildman–Crippen LogP) is 8.88. The first-order valence-electron chi connectivity index (χ1n) is 9.73. The molecular formula is C26H24BrNS. The van der Waals surface area contributed by atoms with Crippen molar-refractivity contribution in [2.45, 2.75) is 27.7 Å². The van der Waals surface area contributed by atoms with Crippen molar-refractivity contribution in [3.05, 3.63) is 98.8 Å². The van der Waals surface area contributed by atoms with Crippen LogP contribution in [0, 0.1) is 27.7 Å². The molecule has 0 amide bonds. The van der Waals surface area contributed by atoms with E-state index in [2.05, 4.69) is 121 Å². The highest BCUT2D eigenvalue weighted by Gasteiger charge is 2.15. The predicted molar refractivity (Wildman–Crippen MR) is 131 cm³/mol. The van der Waals surface area contributed by atoms with Crippen LogP contribution in [0.3, 0.4) is 0 Å². The molecule has 0 saturated heterocycles. The lowest BCUT2D eigenvalue weighted by Gasteiger charge is -2.26. The first-order chi connectivity index (χ1) is 13.9. The van der Waals surface area contributed by atoms with Gasteiger partial charge in [-0.3, -0.25) is 0 Å². The van der Waals surface area contributed by atoms with Gasteiger partial charge >= 0.3 is 0 Å². The monoisotopic (exact) mass is 461 g/mol. The zero-order chi connectivity index (χ0) is 20.5. The Hall–Kier alpha value is -2.36. The number of hydrogen-bond acceptors (Lipinski definition) is 2. The van der Waals surface area contributed by atoms with E-state index >= 15 is 0 Å². The summed E-state index contributed by atoms with van der Waals surface area (Å²) in [4.78, 5) is 4.96. The Morgan fingerprint density at radius 1 is 0.621 bits per heavy atom. The second-order valence-electron chi connectivity index (χ2n) is 7.48.